The average molecular weight is 695 g/mol. The van der Waals surface area contributed by atoms with Gasteiger partial charge >= 0.3 is 6.03 Å². The van der Waals surface area contributed by atoms with Gasteiger partial charge in [0.1, 0.15) is 22.7 Å². The Hall–Kier alpha value is -3.66. The Labute approximate surface area is 293 Å². The van der Waals surface area contributed by atoms with Crippen LogP contribution in [0.25, 0.3) is 0 Å². The number of carbonyl (C=O) groups is 2. The van der Waals surface area contributed by atoms with E-state index in [0.29, 0.717) is 59.7 Å². The van der Waals surface area contributed by atoms with Crippen molar-refractivity contribution in [3.8, 4) is 5.75 Å². The van der Waals surface area contributed by atoms with Gasteiger partial charge in [0, 0.05) is 52.9 Å². The quantitative estimate of drug-likeness (QED) is 0.250. The number of nitrogens with zero attached hydrogens (tertiary/aromatic N) is 4. The number of rotatable bonds is 9. The normalized spacial score (nSPS) is 21.7. The summed E-state index contributed by atoms with van der Waals surface area (Å²) in [6, 6.07) is 17.0. The van der Waals surface area contributed by atoms with E-state index >= 15 is 4.79 Å². The molecule has 3 amide bonds. The first-order valence-electron chi connectivity index (χ1n) is 16.4. The molecule has 2 atom stereocenters. The van der Waals surface area contributed by atoms with Crippen LogP contribution in [0.15, 0.2) is 65.8 Å². The van der Waals surface area contributed by atoms with Gasteiger partial charge in [-0.05, 0) is 69.0 Å². The van der Waals surface area contributed by atoms with E-state index < -0.39 is 17.0 Å². The molecule has 9 nitrogen and oxygen atoms in total. The molecule has 3 heterocycles. The van der Waals surface area contributed by atoms with Crippen LogP contribution in [0.3, 0.4) is 0 Å². The van der Waals surface area contributed by atoms with Crippen molar-refractivity contribution in [2.75, 3.05) is 26.3 Å². The van der Waals surface area contributed by atoms with E-state index in [-0.39, 0.29) is 30.6 Å². The zero-order valence-electron chi connectivity index (χ0n) is 28.6. The van der Waals surface area contributed by atoms with Crippen LogP contribution in [0.5, 0.6) is 5.75 Å². The van der Waals surface area contributed by atoms with Gasteiger partial charge in [0.2, 0.25) is 5.91 Å². The monoisotopic (exact) mass is 693 g/mol. The molecule has 1 aromatic heterocycles. The number of primary amides is 1. The van der Waals surface area contributed by atoms with Gasteiger partial charge in [0.25, 0.3) is 0 Å². The number of amidine groups is 1. The van der Waals surface area contributed by atoms with Crippen molar-refractivity contribution in [2.45, 2.75) is 83.4 Å². The maximum atomic E-state index is 15.1. The van der Waals surface area contributed by atoms with Crippen LogP contribution in [-0.2, 0) is 26.0 Å². The van der Waals surface area contributed by atoms with E-state index in [4.69, 9.17) is 48.4 Å². The lowest BCUT2D eigenvalue weighted by molar-refractivity contribution is -0.119. The van der Waals surface area contributed by atoms with E-state index in [1.807, 2.05) is 78.2 Å². The molecule has 0 aliphatic carbocycles. The lowest BCUT2D eigenvalue weighted by atomic mass is 9.71. The fourth-order valence-corrected chi connectivity index (χ4v) is 6.79. The number of urea groups is 1. The molecule has 2 aromatic carbocycles. The summed E-state index contributed by atoms with van der Waals surface area (Å²) in [7, 11) is 0. The number of ether oxygens (including phenoxy) is 2. The largest absolute Gasteiger partial charge is 0.493 e. The van der Waals surface area contributed by atoms with Crippen LogP contribution in [0.4, 0.5) is 4.79 Å². The molecule has 2 aliphatic heterocycles. The summed E-state index contributed by atoms with van der Waals surface area (Å²) in [5.41, 5.74) is 6.31. The number of hydrogen-bond acceptors (Lipinski definition) is 6. The molecular weight excluding hydrogens is 649 g/mol. The van der Waals surface area contributed by atoms with E-state index in [2.05, 4.69) is 27.7 Å². The predicted octanol–water partition coefficient (Wildman–Crippen LogP) is 7.45. The van der Waals surface area contributed by atoms with Gasteiger partial charge in [-0.25, -0.2) is 4.79 Å². The highest BCUT2D eigenvalue weighted by Crippen LogP contribution is 2.54. The van der Waals surface area contributed by atoms with Crippen molar-refractivity contribution < 1.29 is 19.1 Å². The van der Waals surface area contributed by atoms with Gasteiger partial charge < -0.3 is 20.1 Å². The SMILES string of the molecule is CCOc1cc(C(C)(C)C)ncc1C1=N[C@@](C)(c2ccc(Cl)cc2)[C@@](C)(c2ccc(Cl)cc2)N1C(=O)N1CCC(OCCC(N)=O)CC1. The molecule has 0 saturated carbocycles. The first-order chi connectivity index (χ1) is 22.7. The number of carbonyl (C=O) groups excluding carboxylic acids is 2. The Morgan fingerprint density at radius 2 is 1.56 bits per heavy atom. The number of nitrogens with two attached hydrogens (primary N) is 1. The number of likely N-dealkylation sites (tertiary alicyclic amines) is 1. The molecule has 3 aromatic rings. The second kappa shape index (κ2) is 14.1. The Kier molecular flexibility index (Phi) is 10.4. The summed E-state index contributed by atoms with van der Waals surface area (Å²) in [5, 5.41) is 1.19. The minimum absolute atomic E-state index is 0.0687. The molecule has 1 fully saturated rings. The van der Waals surface area contributed by atoms with E-state index in [1.54, 1.807) is 6.20 Å². The summed E-state index contributed by atoms with van der Waals surface area (Å²) in [4.78, 5) is 40.3. The van der Waals surface area contributed by atoms with Crippen LogP contribution in [0.1, 0.15) is 83.2 Å². The Balaban J connectivity index is 1.67. The van der Waals surface area contributed by atoms with E-state index in [1.165, 1.54) is 0 Å². The summed E-state index contributed by atoms with van der Waals surface area (Å²) in [6.07, 6.45) is 3.13. The van der Waals surface area contributed by atoms with Crippen molar-refractivity contribution in [1.82, 2.24) is 14.8 Å². The topological polar surface area (TPSA) is 110 Å². The third kappa shape index (κ3) is 6.91. The minimum Gasteiger partial charge on any atom is -0.493 e. The average Bonchev–Trinajstić information content (AvgIpc) is 3.29. The van der Waals surface area contributed by atoms with Gasteiger partial charge in [-0.15, -0.1) is 0 Å². The zero-order valence-corrected chi connectivity index (χ0v) is 30.1. The molecule has 2 N–H and O–H groups in total. The number of amides is 3. The number of aromatic nitrogens is 1. The van der Waals surface area contributed by atoms with Crippen LogP contribution >= 0.6 is 23.2 Å². The Bertz CT molecular complexity index is 1670. The standard InChI is InChI=1S/C37H45Cl2N5O4/c1-7-47-30-22-31(35(2,3)4)41-23-29(30)33-42-36(5,24-8-12-26(38)13-9-24)37(6,25-10-14-27(39)15-11-25)44(33)34(46)43-19-16-28(17-20-43)48-21-18-32(40)45/h8-15,22-23,28H,7,16-21H2,1-6H3,(H2,40,45)/t36-,37+/m0/s1. The van der Waals surface area contributed by atoms with E-state index in [9.17, 15) is 4.79 Å². The van der Waals surface area contributed by atoms with Crippen LogP contribution in [0.2, 0.25) is 10.0 Å². The Morgan fingerprint density at radius 3 is 2.10 bits per heavy atom. The van der Waals surface area contributed by atoms with Crippen molar-refractivity contribution in [2.24, 2.45) is 10.7 Å². The fourth-order valence-electron chi connectivity index (χ4n) is 6.54. The fraction of sp³-hybridized carbons (Fsp3) is 0.459. The first kappa shape index (κ1) is 35.6. The second-order valence-corrected chi connectivity index (χ2v) is 14.6. The van der Waals surface area contributed by atoms with Crippen LogP contribution in [0, 0.1) is 0 Å². The highest BCUT2D eigenvalue weighted by atomic mass is 35.5. The van der Waals surface area contributed by atoms with Gasteiger partial charge in [-0.3, -0.25) is 19.7 Å². The molecule has 256 valence electrons. The molecule has 1 saturated heterocycles. The summed E-state index contributed by atoms with van der Waals surface area (Å²) in [5.74, 6) is 0.672. The van der Waals surface area contributed by atoms with Crippen LogP contribution in [-0.4, -0.2) is 65.0 Å². The van der Waals surface area contributed by atoms with Crippen molar-refractivity contribution in [3.63, 3.8) is 0 Å². The molecule has 5 rings (SSSR count). The zero-order chi connectivity index (χ0) is 34.9. The number of benzene rings is 2. The number of pyridine rings is 1. The smallest absolute Gasteiger partial charge is 0.326 e. The third-order valence-electron chi connectivity index (χ3n) is 9.53. The van der Waals surface area contributed by atoms with E-state index in [0.717, 1.165) is 16.8 Å². The molecule has 48 heavy (non-hydrogen) atoms. The van der Waals surface area contributed by atoms with Crippen molar-refractivity contribution >= 4 is 41.0 Å². The number of hydrogen-bond donors (Lipinski definition) is 1. The highest BCUT2D eigenvalue weighted by Gasteiger charge is 2.60. The predicted molar refractivity (Wildman–Crippen MR) is 190 cm³/mol. The first-order valence-corrected chi connectivity index (χ1v) is 17.2. The molecule has 0 bridgehead atoms. The Morgan fingerprint density at radius 1 is 0.979 bits per heavy atom. The van der Waals surface area contributed by atoms with Gasteiger partial charge in [-0.1, -0.05) is 68.2 Å². The van der Waals surface area contributed by atoms with Gasteiger partial charge in [0.15, 0.2) is 0 Å². The number of aliphatic imine (C=N–C) groups is 1. The lowest BCUT2D eigenvalue weighted by Gasteiger charge is -2.47. The van der Waals surface area contributed by atoms with Gasteiger partial charge in [-0.2, -0.15) is 0 Å². The molecule has 0 unspecified atom stereocenters. The lowest BCUT2D eigenvalue weighted by Crippen LogP contribution is -2.59. The number of piperidine rings is 1. The summed E-state index contributed by atoms with van der Waals surface area (Å²) < 4.78 is 12.2. The second-order valence-electron chi connectivity index (χ2n) is 13.7. The molecule has 2 aliphatic rings. The number of halogens is 2. The van der Waals surface area contributed by atoms with Gasteiger partial charge in [0.05, 0.1) is 24.9 Å². The molecular formula is C37H45Cl2N5O4. The van der Waals surface area contributed by atoms with Crippen LogP contribution < -0.4 is 10.5 Å². The molecule has 11 heteroatoms. The maximum Gasteiger partial charge on any atom is 0.326 e. The summed E-state index contributed by atoms with van der Waals surface area (Å²) >= 11 is 12.8. The van der Waals surface area contributed by atoms with Crippen molar-refractivity contribution in [3.05, 3.63) is 93.2 Å². The third-order valence-corrected chi connectivity index (χ3v) is 10.0. The molecule has 0 spiro atoms. The maximum absolute atomic E-state index is 15.1. The van der Waals surface area contributed by atoms with Crippen molar-refractivity contribution in [1.29, 1.82) is 0 Å². The molecule has 0 radical (unpaired) electrons. The minimum atomic E-state index is -1.03. The highest BCUT2D eigenvalue weighted by molar-refractivity contribution is 6.30. The summed E-state index contributed by atoms with van der Waals surface area (Å²) in [6.45, 7) is 14.0.